The molecular weight excluding hydrogens is 270 g/mol. The van der Waals surface area contributed by atoms with E-state index in [4.69, 9.17) is 4.98 Å². The van der Waals surface area contributed by atoms with Gasteiger partial charge in [0, 0.05) is 23.2 Å². The highest BCUT2D eigenvalue weighted by Gasteiger charge is 2.17. The van der Waals surface area contributed by atoms with E-state index in [9.17, 15) is 0 Å². The van der Waals surface area contributed by atoms with Crippen molar-refractivity contribution in [1.82, 2.24) is 15.0 Å². The largest absolute Gasteiger partial charge is 0.249 e. The molecule has 0 saturated heterocycles. The molecule has 1 saturated carbocycles. The third-order valence-corrected chi connectivity index (χ3v) is 4.51. The number of rotatable bonds is 2. The number of benzene rings is 1. The Morgan fingerprint density at radius 3 is 2.59 bits per heavy atom. The van der Waals surface area contributed by atoms with E-state index < -0.39 is 0 Å². The fraction of sp³-hybridized carbons (Fsp3) is 0.316. The van der Waals surface area contributed by atoms with Crippen LogP contribution in [0.15, 0.2) is 48.7 Å². The Morgan fingerprint density at radius 1 is 0.818 bits per heavy atom. The van der Waals surface area contributed by atoms with Crippen molar-refractivity contribution in [3.63, 3.8) is 0 Å². The van der Waals surface area contributed by atoms with Crippen LogP contribution in [0.2, 0.25) is 0 Å². The number of aromatic nitrogens is 3. The number of para-hydroxylation sites is 1. The molecule has 4 rings (SSSR count). The molecule has 1 aliphatic rings. The van der Waals surface area contributed by atoms with Gasteiger partial charge in [-0.25, -0.2) is 15.0 Å². The van der Waals surface area contributed by atoms with Crippen molar-refractivity contribution in [2.45, 2.75) is 38.0 Å². The van der Waals surface area contributed by atoms with Crippen molar-refractivity contribution in [3.05, 3.63) is 54.4 Å². The van der Waals surface area contributed by atoms with Gasteiger partial charge in [0.15, 0.2) is 5.82 Å². The van der Waals surface area contributed by atoms with Gasteiger partial charge in [0.2, 0.25) is 0 Å². The smallest absolute Gasteiger partial charge is 0.178 e. The van der Waals surface area contributed by atoms with E-state index in [1.807, 2.05) is 36.5 Å². The highest BCUT2D eigenvalue weighted by Crippen LogP contribution is 2.32. The maximum Gasteiger partial charge on any atom is 0.178 e. The molecule has 0 bridgehead atoms. The van der Waals surface area contributed by atoms with Crippen LogP contribution in [0.5, 0.6) is 0 Å². The van der Waals surface area contributed by atoms with Gasteiger partial charge in [-0.15, -0.1) is 0 Å². The molecule has 0 atom stereocenters. The first-order valence-electron chi connectivity index (χ1n) is 8.09. The summed E-state index contributed by atoms with van der Waals surface area (Å²) in [7, 11) is 0. The summed E-state index contributed by atoms with van der Waals surface area (Å²) in [4.78, 5) is 14.0. The first kappa shape index (κ1) is 13.4. The highest BCUT2D eigenvalue weighted by atomic mass is 14.9. The number of nitrogens with zero attached hydrogens (tertiary/aromatic N) is 3. The van der Waals surface area contributed by atoms with E-state index in [0.29, 0.717) is 5.92 Å². The predicted octanol–water partition coefficient (Wildman–Crippen LogP) is 4.74. The quantitative estimate of drug-likeness (QED) is 0.684. The number of pyridine rings is 1. The van der Waals surface area contributed by atoms with Crippen LogP contribution in [-0.2, 0) is 0 Å². The normalized spacial score (nSPS) is 16.0. The van der Waals surface area contributed by atoms with Crippen LogP contribution in [0.3, 0.4) is 0 Å². The maximum atomic E-state index is 4.85. The lowest BCUT2D eigenvalue weighted by atomic mass is 9.86. The number of fused-ring (bicyclic) bond motifs is 1. The third-order valence-electron chi connectivity index (χ3n) is 4.51. The Balaban J connectivity index is 1.71. The fourth-order valence-corrected chi connectivity index (χ4v) is 3.30. The summed E-state index contributed by atoms with van der Waals surface area (Å²) < 4.78 is 0. The molecule has 1 aromatic carbocycles. The highest BCUT2D eigenvalue weighted by molar-refractivity contribution is 5.79. The van der Waals surface area contributed by atoms with Gasteiger partial charge >= 0.3 is 0 Å². The van der Waals surface area contributed by atoms with E-state index >= 15 is 0 Å². The maximum absolute atomic E-state index is 4.85. The van der Waals surface area contributed by atoms with E-state index in [-0.39, 0.29) is 0 Å². The standard InChI is InChI=1S/C19H19N3/c1-2-7-14(8-3-1)16-11-6-12-18(21-16)19-20-13-15-9-4-5-10-17(15)22-19/h4-6,9-14H,1-3,7-8H2. The van der Waals surface area contributed by atoms with E-state index in [2.05, 4.69) is 22.1 Å². The Kier molecular flexibility index (Phi) is 3.55. The zero-order valence-corrected chi connectivity index (χ0v) is 12.6. The Hall–Kier alpha value is -2.29. The van der Waals surface area contributed by atoms with Gasteiger partial charge < -0.3 is 0 Å². The molecule has 0 spiro atoms. The van der Waals surface area contributed by atoms with Gasteiger partial charge in [-0.1, -0.05) is 43.5 Å². The molecule has 2 aromatic heterocycles. The fourth-order valence-electron chi connectivity index (χ4n) is 3.30. The summed E-state index contributed by atoms with van der Waals surface area (Å²) in [5, 5.41) is 1.06. The van der Waals surface area contributed by atoms with Gasteiger partial charge in [-0.05, 0) is 31.0 Å². The molecule has 0 unspecified atom stereocenters. The molecule has 110 valence electrons. The lowest BCUT2D eigenvalue weighted by molar-refractivity contribution is 0.437. The van der Waals surface area contributed by atoms with Crippen LogP contribution in [0.4, 0.5) is 0 Å². The van der Waals surface area contributed by atoms with Crippen molar-refractivity contribution >= 4 is 10.9 Å². The van der Waals surface area contributed by atoms with Gasteiger partial charge in [0.05, 0.1) is 5.52 Å². The lowest BCUT2D eigenvalue weighted by Gasteiger charge is -2.21. The zero-order chi connectivity index (χ0) is 14.8. The minimum atomic E-state index is 0.606. The molecule has 0 aliphatic heterocycles. The molecule has 3 nitrogen and oxygen atoms in total. The first-order valence-corrected chi connectivity index (χ1v) is 8.09. The van der Waals surface area contributed by atoms with Crippen LogP contribution in [0.25, 0.3) is 22.4 Å². The Bertz CT molecular complexity index is 791. The van der Waals surface area contributed by atoms with Gasteiger partial charge in [0.1, 0.15) is 5.69 Å². The van der Waals surface area contributed by atoms with Crippen LogP contribution >= 0.6 is 0 Å². The van der Waals surface area contributed by atoms with Crippen LogP contribution < -0.4 is 0 Å². The molecule has 0 radical (unpaired) electrons. The third kappa shape index (κ3) is 2.59. The van der Waals surface area contributed by atoms with E-state index in [1.165, 1.54) is 37.8 Å². The average Bonchev–Trinajstić information content (AvgIpc) is 2.62. The molecule has 1 fully saturated rings. The van der Waals surface area contributed by atoms with Gasteiger partial charge in [0.25, 0.3) is 0 Å². The molecule has 3 heteroatoms. The second kappa shape index (κ2) is 5.84. The summed E-state index contributed by atoms with van der Waals surface area (Å²) >= 11 is 0. The van der Waals surface area contributed by atoms with Crippen molar-refractivity contribution < 1.29 is 0 Å². The second-order valence-corrected chi connectivity index (χ2v) is 6.04. The van der Waals surface area contributed by atoms with Gasteiger partial charge in [-0.2, -0.15) is 0 Å². The van der Waals surface area contributed by atoms with E-state index in [0.717, 1.165) is 22.4 Å². The Morgan fingerprint density at radius 2 is 1.68 bits per heavy atom. The number of hydrogen-bond donors (Lipinski definition) is 0. The van der Waals surface area contributed by atoms with Crippen LogP contribution in [0, 0.1) is 0 Å². The predicted molar refractivity (Wildman–Crippen MR) is 88.6 cm³/mol. The minimum absolute atomic E-state index is 0.606. The number of hydrogen-bond acceptors (Lipinski definition) is 3. The van der Waals surface area contributed by atoms with Crippen LogP contribution in [0.1, 0.15) is 43.7 Å². The van der Waals surface area contributed by atoms with E-state index in [1.54, 1.807) is 0 Å². The zero-order valence-electron chi connectivity index (χ0n) is 12.6. The Labute approximate surface area is 130 Å². The lowest BCUT2D eigenvalue weighted by Crippen LogP contribution is -2.07. The summed E-state index contributed by atoms with van der Waals surface area (Å²) in [6.07, 6.45) is 8.41. The van der Waals surface area contributed by atoms with Crippen molar-refractivity contribution in [3.8, 4) is 11.5 Å². The summed E-state index contributed by atoms with van der Waals surface area (Å²) in [6, 6.07) is 14.3. The SMILES string of the molecule is c1cc(-c2ncc3ccccc3n2)nc(C2CCCCC2)c1. The monoisotopic (exact) mass is 289 g/mol. The van der Waals surface area contributed by atoms with Crippen molar-refractivity contribution in [2.24, 2.45) is 0 Å². The minimum Gasteiger partial charge on any atom is -0.249 e. The molecule has 0 amide bonds. The van der Waals surface area contributed by atoms with Crippen molar-refractivity contribution in [1.29, 1.82) is 0 Å². The molecule has 3 aromatic rings. The average molecular weight is 289 g/mol. The molecular formula is C19H19N3. The second-order valence-electron chi connectivity index (χ2n) is 6.04. The van der Waals surface area contributed by atoms with Crippen LogP contribution in [-0.4, -0.2) is 15.0 Å². The molecule has 0 N–H and O–H groups in total. The molecule has 1 aliphatic carbocycles. The summed E-state index contributed by atoms with van der Waals surface area (Å²) in [5.74, 6) is 1.32. The summed E-state index contributed by atoms with van der Waals surface area (Å²) in [6.45, 7) is 0. The summed E-state index contributed by atoms with van der Waals surface area (Å²) in [5.41, 5.74) is 3.06. The molecule has 2 heterocycles. The van der Waals surface area contributed by atoms with Gasteiger partial charge in [-0.3, -0.25) is 0 Å². The topological polar surface area (TPSA) is 38.7 Å². The van der Waals surface area contributed by atoms with Crippen molar-refractivity contribution in [2.75, 3.05) is 0 Å². The first-order chi connectivity index (χ1) is 10.9. The molecule has 22 heavy (non-hydrogen) atoms.